The lowest BCUT2D eigenvalue weighted by Gasteiger charge is -2.01. The van der Waals surface area contributed by atoms with Crippen LogP contribution in [-0.4, -0.2) is 11.3 Å². The summed E-state index contributed by atoms with van der Waals surface area (Å²) >= 11 is 0. The molecule has 2 aromatic heterocycles. The van der Waals surface area contributed by atoms with E-state index in [0.717, 1.165) is 17.1 Å². The minimum Gasteiger partial charge on any atom is -0.422 e. The summed E-state index contributed by atoms with van der Waals surface area (Å²) in [6, 6.07) is 6.78. The van der Waals surface area contributed by atoms with Crippen LogP contribution < -0.4 is 5.63 Å². The molecule has 0 aliphatic heterocycles. The molecule has 0 saturated heterocycles. The Morgan fingerprint density at radius 1 is 1.12 bits per heavy atom. The van der Waals surface area contributed by atoms with E-state index in [-0.39, 0.29) is 0 Å². The van der Waals surface area contributed by atoms with Crippen molar-refractivity contribution in [3.63, 3.8) is 0 Å². The summed E-state index contributed by atoms with van der Waals surface area (Å²) in [6.45, 7) is 0. The Morgan fingerprint density at radius 3 is 2.82 bits per heavy atom. The molecule has 0 radical (unpaired) electrons. The fraction of sp³-hybridized carbons (Fsp3) is 0. The predicted octanol–water partition coefficient (Wildman–Crippen LogP) is 2.15. The van der Waals surface area contributed by atoms with Gasteiger partial charge in [0.25, 0.3) is 0 Å². The highest BCUT2D eigenvalue weighted by atomic mass is 16.4. The summed E-state index contributed by atoms with van der Waals surface area (Å²) in [4.78, 5) is 26.3. The van der Waals surface area contributed by atoms with Crippen molar-refractivity contribution in [1.82, 2.24) is 4.98 Å². The number of carbonyl (C=O) groups is 1. The van der Waals surface area contributed by atoms with Gasteiger partial charge in [-0.25, -0.2) is 4.79 Å². The average molecular weight is 225 g/mol. The molecular formula is C13H7NO3. The van der Waals surface area contributed by atoms with Crippen LogP contribution in [0.15, 0.2) is 45.9 Å². The van der Waals surface area contributed by atoms with E-state index in [2.05, 4.69) is 4.98 Å². The van der Waals surface area contributed by atoms with Gasteiger partial charge in [0.15, 0.2) is 0 Å². The Morgan fingerprint density at radius 2 is 2.00 bits per heavy atom. The number of hydrogen-bond donors (Lipinski definition) is 0. The molecule has 17 heavy (non-hydrogen) atoms. The summed E-state index contributed by atoms with van der Waals surface area (Å²) in [5.74, 6) is 0. The fourth-order valence-electron chi connectivity index (χ4n) is 1.87. The monoisotopic (exact) mass is 225 g/mol. The highest BCUT2D eigenvalue weighted by molar-refractivity contribution is 6.04. The van der Waals surface area contributed by atoms with E-state index in [4.69, 9.17) is 4.42 Å². The van der Waals surface area contributed by atoms with Gasteiger partial charge in [0, 0.05) is 28.7 Å². The normalized spacial score (nSPS) is 10.8. The van der Waals surface area contributed by atoms with E-state index in [0.29, 0.717) is 16.5 Å². The van der Waals surface area contributed by atoms with Crippen molar-refractivity contribution in [1.29, 1.82) is 0 Å². The van der Waals surface area contributed by atoms with Crippen LogP contribution in [0.2, 0.25) is 0 Å². The van der Waals surface area contributed by atoms with E-state index in [1.807, 2.05) is 0 Å². The molecule has 0 atom stereocenters. The zero-order valence-electron chi connectivity index (χ0n) is 8.71. The first kappa shape index (κ1) is 9.72. The second-order valence-corrected chi connectivity index (χ2v) is 3.68. The number of benzene rings is 1. The number of pyridine rings is 1. The highest BCUT2D eigenvalue weighted by Crippen LogP contribution is 2.22. The maximum absolute atomic E-state index is 11.7. The van der Waals surface area contributed by atoms with Crippen LogP contribution >= 0.6 is 0 Å². The average Bonchev–Trinajstić information content (AvgIpc) is 2.38. The van der Waals surface area contributed by atoms with Crippen molar-refractivity contribution in [3.8, 4) is 0 Å². The molecule has 3 rings (SSSR count). The molecule has 0 N–H and O–H groups in total. The molecule has 0 aliphatic rings. The quantitative estimate of drug-likeness (QED) is 0.361. The van der Waals surface area contributed by atoms with Gasteiger partial charge in [-0.05, 0) is 18.2 Å². The van der Waals surface area contributed by atoms with Gasteiger partial charge in [-0.2, -0.15) is 0 Å². The maximum Gasteiger partial charge on any atom is 0.345 e. The number of rotatable bonds is 1. The maximum atomic E-state index is 11.7. The first-order valence-corrected chi connectivity index (χ1v) is 5.05. The molecular weight excluding hydrogens is 218 g/mol. The molecule has 0 fully saturated rings. The molecule has 0 bridgehead atoms. The molecule has 82 valence electrons. The van der Waals surface area contributed by atoms with E-state index < -0.39 is 5.63 Å². The second-order valence-electron chi connectivity index (χ2n) is 3.68. The summed E-state index contributed by atoms with van der Waals surface area (Å²) in [5, 5.41) is 2.02. The lowest BCUT2D eigenvalue weighted by molar-refractivity contribution is 0.112. The Kier molecular flexibility index (Phi) is 2.01. The van der Waals surface area contributed by atoms with E-state index in [9.17, 15) is 9.59 Å². The van der Waals surface area contributed by atoms with Crippen molar-refractivity contribution < 1.29 is 9.21 Å². The predicted molar refractivity (Wildman–Crippen MR) is 63.2 cm³/mol. The minimum atomic E-state index is -0.441. The number of fused-ring (bicyclic) bond motifs is 3. The van der Waals surface area contributed by atoms with Crippen molar-refractivity contribution >= 4 is 28.0 Å². The van der Waals surface area contributed by atoms with Gasteiger partial charge in [-0.3, -0.25) is 9.78 Å². The zero-order chi connectivity index (χ0) is 11.8. The Labute approximate surface area is 95.5 Å². The summed E-state index contributed by atoms with van der Waals surface area (Å²) in [7, 11) is 0. The molecule has 2 heterocycles. The van der Waals surface area contributed by atoms with Gasteiger partial charge < -0.3 is 4.42 Å². The summed E-state index contributed by atoms with van der Waals surface area (Å²) in [6.07, 6.45) is 3.82. The van der Waals surface area contributed by atoms with Crippen molar-refractivity contribution in [2.24, 2.45) is 0 Å². The van der Waals surface area contributed by atoms with Crippen LogP contribution in [0, 0.1) is 0 Å². The van der Waals surface area contributed by atoms with Gasteiger partial charge in [0.1, 0.15) is 11.9 Å². The lowest BCUT2D eigenvalue weighted by Crippen LogP contribution is -2.00. The molecule has 0 unspecified atom stereocenters. The minimum absolute atomic E-state index is 0.415. The zero-order valence-corrected chi connectivity index (χ0v) is 8.71. The first-order chi connectivity index (χ1) is 8.29. The Hall–Kier alpha value is -2.49. The number of carbonyl (C=O) groups excluding carboxylic acids is 1. The Bertz CT molecular complexity index is 789. The molecule has 0 aliphatic carbocycles. The Balaban J connectivity index is 2.57. The molecule has 0 amide bonds. The molecule has 4 nitrogen and oxygen atoms in total. The summed E-state index contributed by atoms with van der Waals surface area (Å²) in [5.41, 5.74) is 0.455. The molecule has 1 aromatic carbocycles. The largest absolute Gasteiger partial charge is 0.422 e. The van der Waals surface area contributed by atoms with Gasteiger partial charge >= 0.3 is 5.63 Å². The van der Waals surface area contributed by atoms with Crippen molar-refractivity contribution in [2.75, 3.05) is 0 Å². The van der Waals surface area contributed by atoms with Gasteiger partial charge in [0.2, 0.25) is 0 Å². The smallest absolute Gasteiger partial charge is 0.345 e. The second kappa shape index (κ2) is 3.52. The number of hydrogen-bond acceptors (Lipinski definition) is 4. The third-order valence-corrected chi connectivity index (χ3v) is 2.68. The number of nitrogens with zero attached hydrogens (tertiary/aromatic N) is 1. The van der Waals surface area contributed by atoms with Crippen LogP contribution in [0.3, 0.4) is 0 Å². The summed E-state index contributed by atoms with van der Waals surface area (Å²) < 4.78 is 5.16. The number of aldehydes is 1. The highest BCUT2D eigenvalue weighted by Gasteiger charge is 2.07. The van der Waals surface area contributed by atoms with E-state index >= 15 is 0 Å². The standard InChI is InChI=1S/C13H7NO3/c15-7-8-1-2-10-9-3-4-14-6-11(9)13(16)17-12(10)5-8/h1-7H. The van der Waals surface area contributed by atoms with Gasteiger partial charge in [0.05, 0.1) is 5.39 Å². The lowest BCUT2D eigenvalue weighted by atomic mass is 10.1. The fourth-order valence-corrected chi connectivity index (χ4v) is 1.87. The van der Waals surface area contributed by atoms with E-state index in [1.54, 1.807) is 30.5 Å². The molecule has 3 aromatic rings. The first-order valence-electron chi connectivity index (χ1n) is 5.05. The topological polar surface area (TPSA) is 60.2 Å². The van der Waals surface area contributed by atoms with Crippen LogP contribution in [-0.2, 0) is 0 Å². The molecule has 4 heteroatoms. The third-order valence-electron chi connectivity index (χ3n) is 2.68. The van der Waals surface area contributed by atoms with Crippen molar-refractivity contribution in [3.05, 3.63) is 52.6 Å². The van der Waals surface area contributed by atoms with Crippen LogP contribution in [0.1, 0.15) is 10.4 Å². The number of aromatic nitrogens is 1. The van der Waals surface area contributed by atoms with Crippen LogP contribution in [0.25, 0.3) is 21.7 Å². The van der Waals surface area contributed by atoms with E-state index in [1.165, 1.54) is 6.20 Å². The molecule has 0 saturated carbocycles. The third kappa shape index (κ3) is 1.42. The van der Waals surface area contributed by atoms with Crippen molar-refractivity contribution in [2.45, 2.75) is 0 Å². The van der Waals surface area contributed by atoms with Crippen LogP contribution in [0.5, 0.6) is 0 Å². The van der Waals surface area contributed by atoms with Gasteiger partial charge in [-0.15, -0.1) is 0 Å². The SMILES string of the molecule is O=Cc1ccc2c(c1)oc(=O)c1cnccc12. The van der Waals surface area contributed by atoms with Crippen LogP contribution in [0.4, 0.5) is 0 Å². The molecule has 0 spiro atoms. The van der Waals surface area contributed by atoms with Gasteiger partial charge in [-0.1, -0.05) is 6.07 Å².